The molecule has 1 aliphatic rings. The largest absolute Gasteiger partial charge is 0.397 e. The zero-order chi connectivity index (χ0) is 14.4. The van der Waals surface area contributed by atoms with E-state index >= 15 is 0 Å². The fourth-order valence-electron chi connectivity index (χ4n) is 2.30. The first kappa shape index (κ1) is 12.9. The molecule has 1 aliphatic heterocycles. The molecule has 0 saturated heterocycles. The highest BCUT2D eigenvalue weighted by atomic mass is 79.9. The Labute approximate surface area is 124 Å². The number of fused-ring (bicyclic) bond motifs is 1. The number of hydrogen-bond donors (Lipinski definition) is 1. The van der Waals surface area contributed by atoms with E-state index in [1.807, 2.05) is 13.0 Å². The summed E-state index contributed by atoms with van der Waals surface area (Å²) >= 11 is 3.30. The predicted octanol–water partition coefficient (Wildman–Crippen LogP) is 3.14. The summed E-state index contributed by atoms with van der Waals surface area (Å²) in [5.74, 6) is -0.665. The minimum absolute atomic E-state index is 0.331. The number of halogens is 1. The number of rotatable bonds is 1. The standard InChI is InChI=1S/C15H11BrN2O2/c1-8-2-4-10-11(6-8)15(20)18(14(10)19)13-5-3-9(16)7-12(13)17/h2-7H,17H2,1H3. The van der Waals surface area contributed by atoms with Crippen LogP contribution in [0.1, 0.15) is 26.3 Å². The number of nitrogens with two attached hydrogens (primary N) is 1. The molecule has 100 valence electrons. The van der Waals surface area contributed by atoms with E-state index in [-0.39, 0.29) is 11.8 Å². The van der Waals surface area contributed by atoms with E-state index in [9.17, 15) is 9.59 Å². The van der Waals surface area contributed by atoms with Crippen LogP contribution >= 0.6 is 15.9 Å². The van der Waals surface area contributed by atoms with Crippen LogP contribution in [0.25, 0.3) is 0 Å². The SMILES string of the molecule is Cc1ccc2c(c1)C(=O)N(c1ccc(Br)cc1N)C2=O. The van der Waals surface area contributed by atoms with Crippen LogP contribution < -0.4 is 10.6 Å². The van der Waals surface area contributed by atoms with Crippen LogP contribution in [-0.2, 0) is 0 Å². The van der Waals surface area contributed by atoms with Crippen LogP contribution in [0.3, 0.4) is 0 Å². The summed E-state index contributed by atoms with van der Waals surface area (Å²) in [5, 5.41) is 0. The van der Waals surface area contributed by atoms with Gasteiger partial charge in [0.15, 0.2) is 0 Å². The Morgan fingerprint density at radius 2 is 1.70 bits per heavy atom. The van der Waals surface area contributed by atoms with Gasteiger partial charge in [0.1, 0.15) is 0 Å². The molecule has 0 spiro atoms. The molecule has 0 bridgehead atoms. The molecule has 2 amide bonds. The zero-order valence-corrected chi connectivity index (χ0v) is 12.3. The Morgan fingerprint density at radius 3 is 2.40 bits per heavy atom. The number of benzene rings is 2. The number of carbonyl (C=O) groups excluding carboxylic acids is 2. The van der Waals surface area contributed by atoms with Gasteiger partial charge < -0.3 is 5.73 Å². The van der Waals surface area contributed by atoms with E-state index in [1.165, 1.54) is 0 Å². The number of aryl methyl sites for hydroxylation is 1. The number of hydrogen-bond acceptors (Lipinski definition) is 3. The Hall–Kier alpha value is -2.14. The molecule has 2 N–H and O–H groups in total. The van der Waals surface area contributed by atoms with E-state index in [1.54, 1.807) is 30.3 Å². The minimum Gasteiger partial charge on any atom is -0.397 e. The van der Waals surface area contributed by atoms with E-state index in [4.69, 9.17) is 5.73 Å². The summed E-state index contributed by atoms with van der Waals surface area (Å²) in [6.45, 7) is 1.88. The molecule has 0 fully saturated rings. The highest BCUT2D eigenvalue weighted by molar-refractivity contribution is 9.10. The van der Waals surface area contributed by atoms with Crippen molar-refractivity contribution in [2.75, 3.05) is 10.6 Å². The van der Waals surface area contributed by atoms with Crippen molar-refractivity contribution in [3.63, 3.8) is 0 Å². The number of anilines is 2. The highest BCUT2D eigenvalue weighted by Gasteiger charge is 2.37. The van der Waals surface area contributed by atoms with E-state index < -0.39 is 0 Å². The first-order valence-electron chi connectivity index (χ1n) is 6.03. The molecule has 0 radical (unpaired) electrons. The molecule has 0 saturated carbocycles. The maximum Gasteiger partial charge on any atom is 0.266 e. The maximum atomic E-state index is 12.4. The molecule has 4 nitrogen and oxygen atoms in total. The Balaban J connectivity index is 2.14. The molecule has 0 aromatic heterocycles. The van der Waals surface area contributed by atoms with Gasteiger partial charge in [0.25, 0.3) is 11.8 Å². The maximum absolute atomic E-state index is 12.4. The third kappa shape index (κ3) is 1.82. The number of amides is 2. The lowest BCUT2D eigenvalue weighted by Crippen LogP contribution is -2.30. The Kier molecular flexibility index (Phi) is 2.87. The average Bonchev–Trinajstić information content (AvgIpc) is 2.63. The van der Waals surface area contributed by atoms with Crippen LogP contribution in [0.5, 0.6) is 0 Å². The van der Waals surface area contributed by atoms with Crippen LogP contribution in [0.4, 0.5) is 11.4 Å². The molecule has 2 aromatic rings. The van der Waals surface area contributed by atoms with Crippen molar-refractivity contribution >= 4 is 39.1 Å². The number of imide groups is 1. The first-order valence-corrected chi connectivity index (χ1v) is 6.83. The molecular weight excluding hydrogens is 320 g/mol. The van der Waals surface area contributed by atoms with Crippen molar-refractivity contribution in [1.29, 1.82) is 0 Å². The number of nitrogens with zero attached hydrogens (tertiary/aromatic N) is 1. The molecule has 20 heavy (non-hydrogen) atoms. The lowest BCUT2D eigenvalue weighted by molar-refractivity contribution is 0.0926. The van der Waals surface area contributed by atoms with Gasteiger partial charge >= 0.3 is 0 Å². The van der Waals surface area contributed by atoms with E-state index in [0.717, 1.165) is 14.9 Å². The second-order valence-electron chi connectivity index (χ2n) is 4.70. The third-order valence-corrected chi connectivity index (χ3v) is 3.77. The van der Waals surface area contributed by atoms with Gasteiger partial charge in [0.2, 0.25) is 0 Å². The second-order valence-corrected chi connectivity index (χ2v) is 5.61. The van der Waals surface area contributed by atoms with Gasteiger partial charge in [0.05, 0.1) is 22.5 Å². The fourth-order valence-corrected chi connectivity index (χ4v) is 2.68. The fraction of sp³-hybridized carbons (Fsp3) is 0.0667. The van der Waals surface area contributed by atoms with Gasteiger partial charge in [0, 0.05) is 4.47 Å². The van der Waals surface area contributed by atoms with Crippen molar-refractivity contribution < 1.29 is 9.59 Å². The molecular formula is C15H11BrN2O2. The monoisotopic (exact) mass is 330 g/mol. The Morgan fingerprint density at radius 1 is 1.00 bits per heavy atom. The Bertz CT molecular complexity index is 756. The summed E-state index contributed by atoms with van der Waals surface area (Å²) in [5.41, 5.74) is 8.50. The number of nitrogen functional groups attached to an aromatic ring is 1. The lowest BCUT2D eigenvalue weighted by atomic mass is 10.1. The minimum atomic E-state index is -0.334. The number of carbonyl (C=O) groups is 2. The van der Waals surface area contributed by atoms with Crippen LogP contribution in [-0.4, -0.2) is 11.8 Å². The zero-order valence-electron chi connectivity index (χ0n) is 10.7. The van der Waals surface area contributed by atoms with Crippen molar-refractivity contribution in [3.05, 3.63) is 57.6 Å². The average molecular weight is 331 g/mol. The van der Waals surface area contributed by atoms with E-state index in [2.05, 4.69) is 15.9 Å². The molecule has 3 rings (SSSR count). The summed E-state index contributed by atoms with van der Waals surface area (Å²) < 4.78 is 0.797. The molecule has 1 heterocycles. The second kappa shape index (κ2) is 4.45. The van der Waals surface area contributed by atoms with Crippen molar-refractivity contribution in [3.8, 4) is 0 Å². The summed E-state index contributed by atoms with van der Waals surface area (Å²) in [6.07, 6.45) is 0. The molecule has 5 heteroatoms. The molecule has 0 unspecified atom stereocenters. The van der Waals surface area contributed by atoms with Crippen LogP contribution in [0.2, 0.25) is 0 Å². The highest BCUT2D eigenvalue weighted by Crippen LogP contribution is 2.33. The van der Waals surface area contributed by atoms with Gasteiger partial charge in [-0.1, -0.05) is 27.6 Å². The van der Waals surface area contributed by atoms with Gasteiger partial charge in [-0.25, -0.2) is 4.90 Å². The van der Waals surface area contributed by atoms with Crippen LogP contribution in [0, 0.1) is 6.92 Å². The van der Waals surface area contributed by atoms with Crippen molar-refractivity contribution in [2.24, 2.45) is 0 Å². The van der Waals surface area contributed by atoms with Gasteiger partial charge in [-0.2, -0.15) is 0 Å². The van der Waals surface area contributed by atoms with Gasteiger partial charge in [-0.3, -0.25) is 9.59 Å². The van der Waals surface area contributed by atoms with Gasteiger partial charge in [-0.05, 0) is 37.3 Å². The molecule has 0 atom stereocenters. The predicted molar refractivity (Wildman–Crippen MR) is 80.9 cm³/mol. The molecule has 0 aliphatic carbocycles. The quantitative estimate of drug-likeness (QED) is 0.645. The summed E-state index contributed by atoms with van der Waals surface area (Å²) in [4.78, 5) is 26.0. The summed E-state index contributed by atoms with van der Waals surface area (Å²) in [7, 11) is 0. The third-order valence-electron chi connectivity index (χ3n) is 3.27. The van der Waals surface area contributed by atoms with Crippen molar-refractivity contribution in [1.82, 2.24) is 0 Å². The first-order chi connectivity index (χ1) is 9.49. The topological polar surface area (TPSA) is 63.4 Å². The smallest absolute Gasteiger partial charge is 0.266 e. The lowest BCUT2D eigenvalue weighted by Gasteiger charge is -2.16. The van der Waals surface area contributed by atoms with Crippen LogP contribution in [0.15, 0.2) is 40.9 Å². The van der Waals surface area contributed by atoms with Crippen molar-refractivity contribution in [2.45, 2.75) is 6.92 Å². The summed E-state index contributed by atoms with van der Waals surface area (Å²) in [6, 6.07) is 10.3. The van der Waals surface area contributed by atoms with Gasteiger partial charge in [-0.15, -0.1) is 0 Å². The van der Waals surface area contributed by atoms with E-state index in [0.29, 0.717) is 22.5 Å². The molecule has 2 aromatic carbocycles. The normalized spacial score (nSPS) is 13.8.